The van der Waals surface area contributed by atoms with Crippen LogP contribution in [0, 0.1) is 0 Å². The fourth-order valence-electron chi connectivity index (χ4n) is 4.43. The zero-order valence-electron chi connectivity index (χ0n) is 16.9. The molecular formula is C24H27NO5. The van der Waals surface area contributed by atoms with Crippen molar-refractivity contribution in [2.24, 2.45) is 0 Å². The summed E-state index contributed by atoms with van der Waals surface area (Å²) in [5, 5.41) is 12.0. The van der Waals surface area contributed by atoms with Crippen LogP contribution in [0.25, 0.3) is 11.1 Å². The number of carboxylic acids is 1. The normalized spacial score (nSPS) is 18.9. The standard InChI is InChI=1S/C24H27NO5/c26-23(27)22(13-12-16-7-5-6-14-29-16)25-24(28)30-15-21-19-10-3-1-8-17(19)18-9-2-4-11-20(18)21/h1-4,8-11,16,21-22H,5-7,12-15H2,(H,25,28)(H,26,27). The van der Waals surface area contributed by atoms with Crippen molar-refractivity contribution in [3.05, 3.63) is 59.7 Å². The minimum Gasteiger partial charge on any atom is -0.480 e. The maximum atomic E-state index is 12.4. The highest BCUT2D eigenvalue weighted by Crippen LogP contribution is 2.44. The summed E-state index contributed by atoms with van der Waals surface area (Å²) >= 11 is 0. The van der Waals surface area contributed by atoms with Gasteiger partial charge in [-0.2, -0.15) is 0 Å². The first-order valence-corrected chi connectivity index (χ1v) is 10.6. The molecule has 0 spiro atoms. The average molecular weight is 409 g/mol. The highest BCUT2D eigenvalue weighted by atomic mass is 16.5. The van der Waals surface area contributed by atoms with Gasteiger partial charge in [0.15, 0.2) is 0 Å². The molecule has 0 aromatic heterocycles. The molecule has 6 heteroatoms. The molecule has 2 aromatic rings. The highest BCUT2D eigenvalue weighted by Gasteiger charge is 2.30. The summed E-state index contributed by atoms with van der Waals surface area (Å²) < 4.78 is 11.1. The summed E-state index contributed by atoms with van der Waals surface area (Å²) in [4.78, 5) is 23.9. The molecule has 0 saturated carbocycles. The lowest BCUT2D eigenvalue weighted by Gasteiger charge is -2.24. The number of rotatable bonds is 7. The van der Waals surface area contributed by atoms with E-state index in [0.29, 0.717) is 12.8 Å². The van der Waals surface area contributed by atoms with Crippen molar-refractivity contribution in [3.63, 3.8) is 0 Å². The first-order valence-electron chi connectivity index (χ1n) is 10.6. The number of carbonyl (C=O) groups is 2. The quantitative estimate of drug-likeness (QED) is 0.711. The van der Waals surface area contributed by atoms with Gasteiger partial charge < -0.3 is 19.9 Å². The molecule has 2 aromatic carbocycles. The van der Waals surface area contributed by atoms with E-state index in [4.69, 9.17) is 9.47 Å². The Bertz CT molecular complexity index is 860. The van der Waals surface area contributed by atoms with Crippen LogP contribution in [0.3, 0.4) is 0 Å². The smallest absolute Gasteiger partial charge is 0.407 e. The molecule has 6 nitrogen and oxygen atoms in total. The van der Waals surface area contributed by atoms with Crippen LogP contribution in [0.4, 0.5) is 4.79 Å². The van der Waals surface area contributed by atoms with E-state index in [2.05, 4.69) is 17.4 Å². The predicted molar refractivity (Wildman–Crippen MR) is 112 cm³/mol. The summed E-state index contributed by atoms with van der Waals surface area (Å²) in [5.74, 6) is -1.11. The number of ether oxygens (including phenoxy) is 2. The van der Waals surface area contributed by atoms with Gasteiger partial charge in [0.2, 0.25) is 0 Å². The minimum absolute atomic E-state index is 0.0536. The molecular weight excluding hydrogens is 382 g/mol. The fourth-order valence-corrected chi connectivity index (χ4v) is 4.43. The monoisotopic (exact) mass is 409 g/mol. The van der Waals surface area contributed by atoms with Gasteiger partial charge in [0.1, 0.15) is 12.6 Å². The van der Waals surface area contributed by atoms with E-state index < -0.39 is 18.1 Å². The van der Waals surface area contributed by atoms with E-state index in [-0.39, 0.29) is 18.6 Å². The first kappa shape index (κ1) is 20.4. The number of hydrogen-bond donors (Lipinski definition) is 2. The largest absolute Gasteiger partial charge is 0.480 e. The third-order valence-corrected chi connectivity index (χ3v) is 5.99. The molecule has 1 aliphatic heterocycles. The number of aliphatic carboxylic acids is 1. The van der Waals surface area contributed by atoms with Crippen molar-refractivity contribution in [2.75, 3.05) is 13.2 Å². The second-order valence-corrected chi connectivity index (χ2v) is 7.93. The Hall–Kier alpha value is -2.86. The van der Waals surface area contributed by atoms with E-state index in [1.807, 2.05) is 36.4 Å². The Morgan fingerprint density at radius 3 is 2.33 bits per heavy atom. The Balaban J connectivity index is 1.35. The zero-order chi connectivity index (χ0) is 20.9. The van der Waals surface area contributed by atoms with E-state index in [1.165, 1.54) is 0 Å². The van der Waals surface area contributed by atoms with Gasteiger partial charge in [0, 0.05) is 12.5 Å². The van der Waals surface area contributed by atoms with Gasteiger partial charge in [-0.3, -0.25) is 0 Å². The van der Waals surface area contributed by atoms with Gasteiger partial charge in [-0.25, -0.2) is 9.59 Å². The Labute approximate surface area is 176 Å². The first-order chi connectivity index (χ1) is 14.6. The molecule has 0 radical (unpaired) electrons. The van der Waals surface area contributed by atoms with E-state index in [0.717, 1.165) is 48.1 Å². The molecule has 30 heavy (non-hydrogen) atoms. The molecule has 2 aliphatic rings. The van der Waals surface area contributed by atoms with Gasteiger partial charge in [0.05, 0.1) is 6.10 Å². The molecule has 1 aliphatic carbocycles. The fraction of sp³-hybridized carbons (Fsp3) is 0.417. The molecule has 158 valence electrons. The van der Waals surface area contributed by atoms with Crippen molar-refractivity contribution in [3.8, 4) is 11.1 Å². The number of hydrogen-bond acceptors (Lipinski definition) is 4. The van der Waals surface area contributed by atoms with Crippen molar-refractivity contribution < 1.29 is 24.2 Å². The number of alkyl carbamates (subject to hydrolysis) is 1. The molecule has 2 unspecified atom stereocenters. The number of fused-ring (bicyclic) bond motifs is 3. The summed E-state index contributed by atoms with van der Waals surface area (Å²) in [5.41, 5.74) is 4.54. The second kappa shape index (κ2) is 9.30. The molecule has 2 N–H and O–H groups in total. The summed E-state index contributed by atoms with van der Waals surface area (Å²) in [6.45, 7) is 0.889. The zero-order valence-corrected chi connectivity index (χ0v) is 16.9. The minimum atomic E-state index is -1.06. The number of benzene rings is 2. The molecule has 2 atom stereocenters. The number of carbonyl (C=O) groups excluding carboxylic acids is 1. The van der Waals surface area contributed by atoms with Crippen LogP contribution in [-0.2, 0) is 14.3 Å². The lowest BCUT2D eigenvalue weighted by molar-refractivity contribution is -0.139. The average Bonchev–Trinajstić information content (AvgIpc) is 3.09. The Morgan fingerprint density at radius 1 is 1.07 bits per heavy atom. The van der Waals surface area contributed by atoms with Gasteiger partial charge >= 0.3 is 12.1 Å². The maximum absolute atomic E-state index is 12.4. The van der Waals surface area contributed by atoms with Gasteiger partial charge in [0.25, 0.3) is 0 Å². The number of amides is 1. The van der Waals surface area contributed by atoms with E-state index in [9.17, 15) is 14.7 Å². The van der Waals surface area contributed by atoms with Crippen molar-refractivity contribution in [1.29, 1.82) is 0 Å². The van der Waals surface area contributed by atoms with Crippen LogP contribution in [0.2, 0.25) is 0 Å². The lowest BCUT2D eigenvalue weighted by atomic mass is 9.98. The topological polar surface area (TPSA) is 84.9 Å². The SMILES string of the molecule is O=C(NC(CCC1CCCCO1)C(=O)O)OCC1c2ccccc2-c2ccccc21. The van der Waals surface area contributed by atoms with E-state index in [1.54, 1.807) is 0 Å². The lowest BCUT2D eigenvalue weighted by Crippen LogP contribution is -2.42. The highest BCUT2D eigenvalue weighted by molar-refractivity contribution is 5.81. The summed E-state index contributed by atoms with van der Waals surface area (Å²) in [7, 11) is 0. The van der Waals surface area contributed by atoms with Gasteiger partial charge in [-0.05, 0) is 54.4 Å². The summed E-state index contributed by atoms with van der Waals surface area (Å²) in [6, 6.07) is 15.2. The number of carboxylic acid groups (broad SMARTS) is 1. The van der Waals surface area contributed by atoms with Gasteiger partial charge in [-0.15, -0.1) is 0 Å². The predicted octanol–water partition coefficient (Wildman–Crippen LogP) is 4.33. The maximum Gasteiger partial charge on any atom is 0.407 e. The third kappa shape index (κ3) is 4.49. The van der Waals surface area contributed by atoms with Crippen LogP contribution < -0.4 is 5.32 Å². The molecule has 1 fully saturated rings. The Morgan fingerprint density at radius 2 is 1.73 bits per heavy atom. The van der Waals surface area contributed by atoms with Gasteiger partial charge in [-0.1, -0.05) is 48.5 Å². The second-order valence-electron chi connectivity index (χ2n) is 7.93. The van der Waals surface area contributed by atoms with Crippen LogP contribution in [0.15, 0.2) is 48.5 Å². The molecule has 1 heterocycles. The molecule has 1 amide bonds. The van der Waals surface area contributed by atoms with Crippen LogP contribution in [0.5, 0.6) is 0 Å². The van der Waals surface area contributed by atoms with Crippen LogP contribution in [-0.4, -0.2) is 42.5 Å². The van der Waals surface area contributed by atoms with Crippen LogP contribution >= 0.6 is 0 Å². The van der Waals surface area contributed by atoms with Crippen molar-refractivity contribution >= 4 is 12.1 Å². The summed E-state index contributed by atoms with van der Waals surface area (Å²) in [6.07, 6.45) is 3.40. The Kier molecular flexibility index (Phi) is 6.33. The number of nitrogens with one attached hydrogen (secondary N) is 1. The van der Waals surface area contributed by atoms with E-state index >= 15 is 0 Å². The van der Waals surface area contributed by atoms with Crippen LogP contribution in [0.1, 0.15) is 49.1 Å². The molecule has 4 rings (SSSR count). The van der Waals surface area contributed by atoms with Crippen molar-refractivity contribution in [2.45, 2.75) is 50.2 Å². The van der Waals surface area contributed by atoms with Crippen molar-refractivity contribution in [1.82, 2.24) is 5.32 Å². The third-order valence-electron chi connectivity index (χ3n) is 5.99. The molecule has 0 bridgehead atoms. The molecule has 1 saturated heterocycles.